The van der Waals surface area contributed by atoms with Crippen molar-refractivity contribution in [3.63, 3.8) is 0 Å². The molecule has 0 aliphatic heterocycles. The number of sulfonamides is 1. The van der Waals surface area contributed by atoms with E-state index >= 15 is 0 Å². The monoisotopic (exact) mass is 399 g/mol. The third-order valence-corrected chi connectivity index (χ3v) is 5.67. The van der Waals surface area contributed by atoms with Gasteiger partial charge < -0.3 is 9.47 Å². The van der Waals surface area contributed by atoms with Gasteiger partial charge in [-0.15, -0.1) is 0 Å². The number of methoxy groups -OCH3 is 1. The van der Waals surface area contributed by atoms with Gasteiger partial charge in [0.2, 0.25) is 10.0 Å². The van der Waals surface area contributed by atoms with Gasteiger partial charge in [0.15, 0.2) is 0 Å². The van der Waals surface area contributed by atoms with Crippen LogP contribution < -0.4 is 9.47 Å². The fraction of sp³-hybridized carbons (Fsp3) is 0.250. The second-order valence-corrected chi connectivity index (χ2v) is 7.71. The van der Waals surface area contributed by atoms with Crippen molar-refractivity contribution in [1.82, 2.24) is 4.31 Å². The summed E-state index contributed by atoms with van der Waals surface area (Å²) in [5.74, 6) is 1.02. The lowest BCUT2D eigenvalue weighted by Gasteiger charge is -2.19. The third-order valence-electron chi connectivity index (χ3n) is 3.25. The van der Waals surface area contributed by atoms with E-state index in [9.17, 15) is 8.42 Å². The van der Waals surface area contributed by atoms with Crippen molar-refractivity contribution in [3.8, 4) is 11.5 Å². The van der Waals surface area contributed by atoms with Crippen LogP contribution in [-0.2, 0) is 10.0 Å². The van der Waals surface area contributed by atoms with E-state index in [1.807, 2.05) is 24.3 Å². The first-order chi connectivity index (χ1) is 10.9. The predicted octanol–water partition coefficient (Wildman–Crippen LogP) is 3.16. The molecule has 0 aliphatic carbocycles. The Balaban J connectivity index is 2.01. The first-order valence-electron chi connectivity index (χ1n) is 6.93. The normalized spacial score (nSPS) is 11.5. The molecule has 2 aromatic rings. The highest BCUT2D eigenvalue weighted by molar-refractivity contribution is 9.10. The number of para-hydroxylation sites is 1. The summed E-state index contributed by atoms with van der Waals surface area (Å²) in [5, 5.41) is 0. The Morgan fingerprint density at radius 1 is 1.09 bits per heavy atom. The van der Waals surface area contributed by atoms with Gasteiger partial charge in [-0.05, 0) is 36.4 Å². The minimum atomic E-state index is -3.62. The molecule has 0 unspecified atom stereocenters. The van der Waals surface area contributed by atoms with Gasteiger partial charge in [-0.1, -0.05) is 28.1 Å². The van der Waals surface area contributed by atoms with E-state index < -0.39 is 10.0 Å². The van der Waals surface area contributed by atoms with Crippen molar-refractivity contribution in [2.75, 3.05) is 27.3 Å². The van der Waals surface area contributed by atoms with E-state index in [4.69, 9.17) is 9.47 Å². The Labute approximate surface area is 145 Å². The van der Waals surface area contributed by atoms with Gasteiger partial charge in [0.25, 0.3) is 0 Å². The summed E-state index contributed by atoms with van der Waals surface area (Å²) in [7, 11) is -0.652. The lowest BCUT2D eigenvalue weighted by atomic mass is 10.3. The highest BCUT2D eigenvalue weighted by atomic mass is 79.9. The number of halogens is 1. The summed E-state index contributed by atoms with van der Waals surface area (Å²) >= 11 is 3.35. The van der Waals surface area contributed by atoms with Gasteiger partial charge in [-0.25, -0.2) is 8.42 Å². The fourth-order valence-corrected chi connectivity index (χ4v) is 3.51. The van der Waals surface area contributed by atoms with Crippen LogP contribution in [-0.4, -0.2) is 40.0 Å². The number of hydrogen-bond donors (Lipinski definition) is 0. The fourth-order valence-electron chi connectivity index (χ4n) is 1.94. The van der Waals surface area contributed by atoms with Gasteiger partial charge in [-0.2, -0.15) is 4.31 Å². The average Bonchev–Trinajstić information content (AvgIpc) is 2.56. The summed E-state index contributed by atoms with van der Waals surface area (Å²) in [6, 6.07) is 13.9. The number of nitrogens with zero attached hydrogens (tertiary/aromatic N) is 1. The van der Waals surface area contributed by atoms with Crippen molar-refractivity contribution >= 4 is 26.0 Å². The Kier molecular flexibility index (Phi) is 6.04. The van der Waals surface area contributed by atoms with Gasteiger partial charge in [0, 0.05) is 18.1 Å². The molecule has 2 aromatic carbocycles. The van der Waals surface area contributed by atoms with Crippen LogP contribution in [0.25, 0.3) is 0 Å². The summed E-state index contributed by atoms with van der Waals surface area (Å²) in [6.45, 7) is 0.489. The van der Waals surface area contributed by atoms with E-state index in [0.29, 0.717) is 11.5 Å². The predicted molar refractivity (Wildman–Crippen MR) is 92.4 cm³/mol. The molecule has 0 aromatic heterocycles. The molecule has 0 atom stereocenters. The molecule has 0 spiro atoms. The summed E-state index contributed by atoms with van der Waals surface area (Å²) in [5.41, 5.74) is 0. The standard InChI is InChI=1S/C16H18BrNO4S/c1-18(11-12-22-14-9-7-13(17)8-10-14)23(19,20)16-6-4-3-5-15(16)21-2/h3-10H,11-12H2,1-2H3. The molecule has 0 saturated heterocycles. The molecule has 7 heteroatoms. The Morgan fingerprint density at radius 2 is 1.74 bits per heavy atom. The topological polar surface area (TPSA) is 55.8 Å². The molecule has 5 nitrogen and oxygen atoms in total. The van der Waals surface area contributed by atoms with Gasteiger partial charge in [0.1, 0.15) is 23.0 Å². The largest absolute Gasteiger partial charge is 0.495 e. The van der Waals surface area contributed by atoms with Crippen molar-refractivity contribution in [2.45, 2.75) is 4.90 Å². The van der Waals surface area contributed by atoms with Crippen LogP contribution in [0.3, 0.4) is 0 Å². The van der Waals surface area contributed by atoms with E-state index in [-0.39, 0.29) is 18.0 Å². The molecule has 23 heavy (non-hydrogen) atoms. The molecular weight excluding hydrogens is 382 g/mol. The quantitative estimate of drug-likeness (QED) is 0.717. The Bertz CT molecular complexity index is 747. The number of hydrogen-bond acceptors (Lipinski definition) is 4. The minimum Gasteiger partial charge on any atom is -0.495 e. The van der Waals surface area contributed by atoms with Crippen LogP contribution in [0.4, 0.5) is 0 Å². The lowest BCUT2D eigenvalue weighted by Crippen LogP contribution is -2.31. The van der Waals surface area contributed by atoms with E-state index in [1.165, 1.54) is 24.5 Å². The maximum absolute atomic E-state index is 12.6. The maximum Gasteiger partial charge on any atom is 0.246 e. The molecular formula is C16H18BrNO4S. The SMILES string of the molecule is COc1ccccc1S(=O)(=O)N(C)CCOc1ccc(Br)cc1. The summed E-state index contributed by atoms with van der Waals surface area (Å²) in [4.78, 5) is 0.147. The van der Waals surface area contributed by atoms with Crippen molar-refractivity contribution in [1.29, 1.82) is 0 Å². The highest BCUT2D eigenvalue weighted by Gasteiger charge is 2.24. The van der Waals surface area contributed by atoms with Gasteiger partial charge >= 0.3 is 0 Å². The molecule has 0 heterocycles. The Morgan fingerprint density at radius 3 is 2.39 bits per heavy atom. The molecule has 2 rings (SSSR count). The van der Waals surface area contributed by atoms with Crippen LogP contribution in [0.1, 0.15) is 0 Å². The molecule has 0 fully saturated rings. The minimum absolute atomic E-state index is 0.147. The molecule has 0 aliphatic rings. The van der Waals surface area contributed by atoms with Crippen LogP contribution in [0, 0.1) is 0 Å². The van der Waals surface area contributed by atoms with Crippen LogP contribution in [0.15, 0.2) is 57.9 Å². The number of rotatable bonds is 7. The van der Waals surface area contributed by atoms with Crippen molar-refractivity contribution in [3.05, 3.63) is 53.0 Å². The first kappa shape index (κ1) is 17.8. The smallest absolute Gasteiger partial charge is 0.246 e. The second-order valence-electron chi connectivity index (χ2n) is 4.78. The van der Waals surface area contributed by atoms with Crippen LogP contribution in [0.5, 0.6) is 11.5 Å². The summed E-state index contributed by atoms with van der Waals surface area (Å²) in [6.07, 6.45) is 0. The maximum atomic E-state index is 12.6. The average molecular weight is 400 g/mol. The molecule has 0 N–H and O–H groups in total. The van der Waals surface area contributed by atoms with E-state index in [1.54, 1.807) is 18.2 Å². The molecule has 0 amide bonds. The third kappa shape index (κ3) is 4.46. The molecule has 0 radical (unpaired) electrons. The van der Waals surface area contributed by atoms with E-state index in [2.05, 4.69) is 15.9 Å². The molecule has 0 bridgehead atoms. The van der Waals surface area contributed by atoms with Crippen molar-refractivity contribution in [2.24, 2.45) is 0 Å². The Hall–Kier alpha value is -1.57. The highest BCUT2D eigenvalue weighted by Crippen LogP contribution is 2.25. The second kappa shape index (κ2) is 7.81. The summed E-state index contributed by atoms with van der Waals surface area (Å²) < 4.78 is 38.1. The molecule has 124 valence electrons. The number of benzene rings is 2. The van der Waals surface area contributed by atoms with Crippen LogP contribution in [0.2, 0.25) is 0 Å². The zero-order valence-corrected chi connectivity index (χ0v) is 15.3. The first-order valence-corrected chi connectivity index (χ1v) is 9.16. The van der Waals surface area contributed by atoms with E-state index in [0.717, 1.165) is 4.47 Å². The zero-order valence-electron chi connectivity index (χ0n) is 12.9. The van der Waals surface area contributed by atoms with Crippen LogP contribution >= 0.6 is 15.9 Å². The number of likely N-dealkylation sites (N-methyl/N-ethyl adjacent to an activating group) is 1. The lowest BCUT2D eigenvalue weighted by molar-refractivity contribution is 0.286. The van der Waals surface area contributed by atoms with Gasteiger partial charge in [-0.3, -0.25) is 0 Å². The zero-order chi connectivity index (χ0) is 16.9. The van der Waals surface area contributed by atoms with Gasteiger partial charge in [0.05, 0.1) is 7.11 Å². The van der Waals surface area contributed by atoms with Crippen molar-refractivity contribution < 1.29 is 17.9 Å². The molecule has 0 saturated carbocycles. The number of ether oxygens (including phenoxy) is 2.